The predicted molar refractivity (Wildman–Crippen MR) is 154 cm³/mol. The Hall–Kier alpha value is -0.0400. The second-order valence-corrected chi connectivity index (χ2v) is 11.6. The van der Waals surface area contributed by atoms with Crippen LogP contribution in [0.15, 0.2) is 0 Å². The largest absolute Gasteiger partial charge is 0.378 e. The molecule has 1 fully saturated rings. The van der Waals surface area contributed by atoms with Gasteiger partial charge in [-0.25, -0.2) is 0 Å². The fourth-order valence-electron chi connectivity index (χ4n) is 5.72. The van der Waals surface area contributed by atoms with Crippen molar-refractivity contribution in [2.45, 2.75) is 206 Å². The van der Waals surface area contributed by atoms with Gasteiger partial charge >= 0.3 is 0 Å². The molecule has 34 heavy (non-hydrogen) atoms. The highest BCUT2D eigenvalue weighted by Gasteiger charge is 2.12. The molecule has 1 saturated heterocycles. The average molecular weight is 479 g/mol. The van der Waals surface area contributed by atoms with Gasteiger partial charge in [-0.15, -0.1) is 0 Å². The van der Waals surface area contributed by atoms with Gasteiger partial charge < -0.3 is 4.74 Å². The minimum absolute atomic E-state index is 0.600. The molecule has 1 aliphatic heterocycles. The predicted octanol–water partition coefficient (Wildman–Crippen LogP) is 12.1. The summed E-state index contributed by atoms with van der Waals surface area (Å²) >= 11 is 0. The summed E-state index contributed by atoms with van der Waals surface area (Å²) in [5.41, 5.74) is 0. The summed E-state index contributed by atoms with van der Waals surface area (Å²) in [6, 6.07) is 0. The third-order valence-corrected chi connectivity index (χ3v) is 8.15. The lowest BCUT2D eigenvalue weighted by Crippen LogP contribution is -2.18. The van der Waals surface area contributed by atoms with E-state index in [9.17, 15) is 0 Å². The van der Waals surface area contributed by atoms with E-state index in [0.717, 1.165) is 6.61 Å². The van der Waals surface area contributed by atoms with Crippen LogP contribution in [0.4, 0.5) is 0 Å². The zero-order valence-corrected chi connectivity index (χ0v) is 23.9. The van der Waals surface area contributed by atoms with Gasteiger partial charge in [0.1, 0.15) is 0 Å². The van der Waals surface area contributed by atoms with E-state index in [1.807, 2.05) is 0 Å². The summed E-state index contributed by atoms with van der Waals surface area (Å²) in [6.45, 7) is 3.32. The topological polar surface area (TPSA) is 9.23 Å². The number of unbranched alkanes of at least 4 members (excludes halogenated alkanes) is 25. The van der Waals surface area contributed by atoms with Crippen molar-refractivity contribution in [3.05, 3.63) is 0 Å². The molecular formula is C33H66O. The average Bonchev–Trinajstić information content (AvgIpc) is 2.87. The Balaban J connectivity index is 1.61. The Morgan fingerprint density at radius 1 is 0.412 bits per heavy atom. The molecule has 0 radical (unpaired) electrons. The normalized spacial score (nSPS) is 16.3. The van der Waals surface area contributed by atoms with Crippen LogP contribution in [-0.4, -0.2) is 12.7 Å². The first-order chi connectivity index (χ1) is 16.9. The van der Waals surface area contributed by atoms with E-state index in [0.29, 0.717) is 6.10 Å². The van der Waals surface area contributed by atoms with Gasteiger partial charge in [-0.2, -0.15) is 0 Å². The molecule has 0 aromatic carbocycles. The lowest BCUT2D eigenvalue weighted by atomic mass is 10.0. The van der Waals surface area contributed by atoms with Crippen LogP contribution in [0.5, 0.6) is 0 Å². The van der Waals surface area contributed by atoms with E-state index >= 15 is 0 Å². The van der Waals surface area contributed by atoms with E-state index in [2.05, 4.69) is 6.92 Å². The molecule has 204 valence electrons. The summed E-state index contributed by atoms with van der Waals surface area (Å²) in [5.74, 6) is 0. The third-order valence-electron chi connectivity index (χ3n) is 8.15. The van der Waals surface area contributed by atoms with E-state index in [1.54, 1.807) is 0 Å². The molecule has 1 aliphatic rings. The van der Waals surface area contributed by atoms with Crippen LogP contribution in [0.25, 0.3) is 0 Å². The molecule has 0 bridgehead atoms. The Bertz CT molecular complexity index is 360. The molecule has 0 aromatic rings. The van der Waals surface area contributed by atoms with Gasteiger partial charge in [-0.05, 0) is 25.7 Å². The van der Waals surface area contributed by atoms with Crippen LogP contribution in [-0.2, 0) is 4.74 Å². The second-order valence-electron chi connectivity index (χ2n) is 11.6. The highest BCUT2D eigenvalue weighted by atomic mass is 16.5. The SMILES string of the molecule is CCCCCCCCCCCCCCCCCCCCCCCCCCCCC1CCCCO1. The molecule has 1 atom stereocenters. The van der Waals surface area contributed by atoms with Crippen molar-refractivity contribution in [3.63, 3.8) is 0 Å². The van der Waals surface area contributed by atoms with Crippen LogP contribution in [0, 0.1) is 0 Å². The summed E-state index contributed by atoms with van der Waals surface area (Å²) < 4.78 is 5.83. The van der Waals surface area contributed by atoms with Crippen molar-refractivity contribution in [1.29, 1.82) is 0 Å². The van der Waals surface area contributed by atoms with Crippen LogP contribution in [0.3, 0.4) is 0 Å². The second kappa shape index (κ2) is 27.5. The smallest absolute Gasteiger partial charge is 0.0575 e. The number of ether oxygens (including phenoxy) is 1. The number of rotatable bonds is 27. The van der Waals surface area contributed by atoms with Crippen molar-refractivity contribution in [2.24, 2.45) is 0 Å². The lowest BCUT2D eigenvalue weighted by molar-refractivity contribution is 0.00977. The molecule has 0 N–H and O–H groups in total. The van der Waals surface area contributed by atoms with Gasteiger partial charge in [0.05, 0.1) is 6.10 Å². The quantitative estimate of drug-likeness (QED) is 0.107. The molecule has 1 nitrogen and oxygen atoms in total. The molecule has 1 rings (SSSR count). The zero-order valence-electron chi connectivity index (χ0n) is 23.9. The van der Waals surface area contributed by atoms with Crippen LogP contribution in [0.1, 0.15) is 200 Å². The minimum Gasteiger partial charge on any atom is -0.378 e. The molecule has 1 heteroatoms. The maximum Gasteiger partial charge on any atom is 0.0575 e. The molecular weight excluding hydrogens is 412 g/mol. The summed E-state index contributed by atoms with van der Waals surface area (Å²) in [5, 5.41) is 0. The summed E-state index contributed by atoms with van der Waals surface area (Å²) in [6.07, 6.45) is 44.2. The monoisotopic (exact) mass is 479 g/mol. The van der Waals surface area contributed by atoms with Crippen LogP contribution in [0.2, 0.25) is 0 Å². The van der Waals surface area contributed by atoms with Gasteiger partial charge in [0.15, 0.2) is 0 Å². The molecule has 0 aliphatic carbocycles. The van der Waals surface area contributed by atoms with Crippen LogP contribution >= 0.6 is 0 Å². The molecule has 1 heterocycles. The summed E-state index contributed by atoms with van der Waals surface area (Å²) in [7, 11) is 0. The summed E-state index contributed by atoms with van der Waals surface area (Å²) in [4.78, 5) is 0. The van der Waals surface area contributed by atoms with Gasteiger partial charge in [0, 0.05) is 6.61 Å². The molecule has 1 unspecified atom stereocenters. The van der Waals surface area contributed by atoms with Crippen molar-refractivity contribution in [3.8, 4) is 0 Å². The number of hydrogen-bond acceptors (Lipinski definition) is 1. The van der Waals surface area contributed by atoms with Crippen molar-refractivity contribution < 1.29 is 4.74 Å². The fourth-order valence-corrected chi connectivity index (χ4v) is 5.72. The first kappa shape index (κ1) is 32.0. The first-order valence-corrected chi connectivity index (χ1v) is 16.5. The van der Waals surface area contributed by atoms with Crippen molar-refractivity contribution in [1.82, 2.24) is 0 Å². The highest BCUT2D eigenvalue weighted by Crippen LogP contribution is 2.19. The Morgan fingerprint density at radius 3 is 1.03 bits per heavy atom. The molecule has 0 amide bonds. The maximum atomic E-state index is 5.83. The first-order valence-electron chi connectivity index (χ1n) is 16.5. The van der Waals surface area contributed by atoms with E-state index in [-0.39, 0.29) is 0 Å². The standard InChI is InChI=1S/C33H66O/c1-2-3-4-5-6-7-8-9-10-11-12-13-14-15-16-17-18-19-20-21-22-23-24-25-26-27-30-33-31-28-29-32-34-33/h33H,2-32H2,1H3. The van der Waals surface area contributed by atoms with E-state index in [4.69, 9.17) is 4.74 Å². The Labute approximate surface area is 217 Å². The number of hydrogen-bond donors (Lipinski definition) is 0. The highest BCUT2D eigenvalue weighted by molar-refractivity contribution is 4.63. The van der Waals surface area contributed by atoms with Gasteiger partial charge in [0.25, 0.3) is 0 Å². The van der Waals surface area contributed by atoms with Crippen molar-refractivity contribution in [2.75, 3.05) is 6.61 Å². The third kappa shape index (κ3) is 23.7. The zero-order chi connectivity index (χ0) is 24.2. The minimum atomic E-state index is 0.600. The van der Waals surface area contributed by atoms with E-state index in [1.165, 1.54) is 193 Å². The van der Waals surface area contributed by atoms with Gasteiger partial charge in [-0.1, -0.05) is 174 Å². The Kier molecular flexibility index (Phi) is 25.9. The van der Waals surface area contributed by atoms with Gasteiger partial charge in [-0.3, -0.25) is 0 Å². The lowest BCUT2D eigenvalue weighted by Gasteiger charge is -2.22. The van der Waals surface area contributed by atoms with Crippen LogP contribution < -0.4 is 0 Å². The van der Waals surface area contributed by atoms with Gasteiger partial charge in [0.2, 0.25) is 0 Å². The molecule has 0 spiro atoms. The maximum absolute atomic E-state index is 5.83. The molecule has 0 aromatic heterocycles. The fraction of sp³-hybridized carbons (Fsp3) is 1.00. The Morgan fingerprint density at radius 2 is 0.735 bits per heavy atom. The molecule has 0 saturated carbocycles. The van der Waals surface area contributed by atoms with Crippen molar-refractivity contribution >= 4 is 0 Å². The van der Waals surface area contributed by atoms with E-state index < -0.39 is 0 Å².